The van der Waals surface area contributed by atoms with Crippen LogP contribution in [-0.4, -0.2) is 51.2 Å². The smallest absolute Gasteiger partial charge is 0.242 e. The Morgan fingerprint density at radius 2 is 1.82 bits per heavy atom. The lowest BCUT2D eigenvalue weighted by molar-refractivity contribution is -0.116. The summed E-state index contributed by atoms with van der Waals surface area (Å²) in [4.78, 5) is 14.1. The molecule has 2 aromatic carbocycles. The second-order valence-electron chi connectivity index (χ2n) is 6.56. The van der Waals surface area contributed by atoms with Crippen LogP contribution in [0.4, 0.5) is 10.1 Å². The van der Waals surface area contributed by atoms with Gasteiger partial charge in [-0.15, -0.1) is 0 Å². The third-order valence-corrected chi connectivity index (χ3v) is 6.25. The number of hydrogen-bond donors (Lipinski definition) is 1. The minimum absolute atomic E-state index is 0.0360. The van der Waals surface area contributed by atoms with Crippen LogP contribution in [-0.2, 0) is 21.4 Å². The van der Waals surface area contributed by atoms with Crippen LogP contribution in [0.15, 0.2) is 47.4 Å². The SMILES string of the molecule is CN(CCC(=O)Nc1cc(S(=O)(=O)N(C)C)ccc1Cl)Cc1ccccc1F. The van der Waals surface area contributed by atoms with Crippen LogP contribution < -0.4 is 5.32 Å². The quantitative estimate of drug-likeness (QED) is 0.702. The van der Waals surface area contributed by atoms with E-state index in [0.717, 1.165) is 4.31 Å². The zero-order valence-corrected chi connectivity index (χ0v) is 17.5. The van der Waals surface area contributed by atoms with Crippen LogP contribution in [0.2, 0.25) is 5.02 Å². The zero-order chi connectivity index (χ0) is 20.9. The minimum atomic E-state index is -3.64. The van der Waals surface area contributed by atoms with Crippen molar-refractivity contribution in [3.63, 3.8) is 0 Å². The number of halogens is 2. The van der Waals surface area contributed by atoms with Crippen molar-refractivity contribution in [1.29, 1.82) is 0 Å². The second-order valence-corrected chi connectivity index (χ2v) is 9.12. The van der Waals surface area contributed by atoms with Crippen molar-refractivity contribution in [1.82, 2.24) is 9.21 Å². The Bertz CT molecular complexity index is 951. The fourth-order valence-electron chi connectivity index (χ4n) is 2.47. The van der Waals surface area contributed by atoms with Crippen molar-refractivity contribution in [2.24, 2.45) is 0 Å². The molecule has 0 saturated carbocycles. The van der Waals surface area contributed by atoms with E-state index >= 15 is 0 Å². The molecule has 2 rings (SSSR count). The molecule has 0 atom stereocenters. The van der Waals surface area contributed by atoms with E-state index in [-0.39, 0.29) is 33.8 Å². The maximum Gasteiger partial charge on any atom is 0.242 e. The summed E-state index contributed by atoms with van der Waals surface area (Å²) >= 11 is 6.08. The third kappa shape index (κ3) is 5.75. The number of rotatable bonds is 8. The van der Waals surface area contributed by atoms with Crippen LogP contribution in [0, 0.1) is 5.82 Å². The van der Waals surface area contributed by atoms with E-state index in [1.807, 2.05) is 4.90 Å². The van der Waals surface area contributed by atoms with Crippen molar-refractivity contribution < 1.29 is 17.6 Å². The molecule has 0 aliphatic rings. The fraction of sp³-hybridized carbons (Fsp3) is 0.316. The molecule has 0 fully saturated rings. The van der Waals surface area contributed by atoms with Crippen LogP contribution in [0.1, 0.15) is 12.0 Å². The number of amides is 1. The predicted octanol–water partition coefficient (Wildman–Crippen LogP) is 3.19. The summed E-state index contributed by atoms with van der Waals surface area (Å²) in [5, 5.41) is 2.88. The molecular weight excluding hydrogens is 405 g/mol. The number of carbonyl (C=O) groups excluding carboxylic acids is 1. The van der Waals surface area contributed by atoms with E-state index in [0.29, 0.717) is 18.7 Å². The molecular formula is C19H23ClFN3O3S. The number of benzene rings is 2. The summed E-state index contributed by atoms with van der Waals surface area (Å²) in [6, 6.07) is 10.6. The Hall–Kier alpha value is -2.00. The highest BCUT2D eigenvalue weighted by molar-refractivity contribution is 7.89. The van der Waals surface area contributed by atoms with Gasteiger partial charge < -0.3 is 10.2 Å². The highest BCUT2D eigenvalue weighted by Gasteiger charge is 2.19. The number of nitrogens with one attached hydrogen (secondary N) is 1. The summed E-state index contributed by atoms with van der Waals surface area (Å²) in [5.74, 6) is -0.605. The molecule has 2 aromatic rings. The van der Waals surface area contributed by atoms with E-state index in [4.69, 9.17) is 11.6 Å². The van der Waals surface area contributed by atoms with E-state index in [9.17, 15) is 17.6 Å². The lowest BCUT2D eigenvalue weighted by Gasteiger charge is -2.17. The molecule has 28 heavy (non-hydrogen) atoms. The summed E-state index contributed by atoms with van der Waals surface area (Å²) in [5.41, 5.74) is 0.779. The standard InChI is InChI=1S/C19H23ClFN3O3S/c1-23(2)28(26,27)15-8-9-16(20)18(12-15)22-19(25)10-11-24(3)13-14-6-4-5-7-17(14)21/h4-9,12H,10-11,13H2,1-3H3,(H,22,25). The molecule has 0 aromatic heterocycles. The van der Waals surface area contributed by atoms with Gasteiger partial charge in [-0.3, -0.25) is 4.79 Å². The zero-order valence-electron chi connectivity index (χ0n) is 15.9. The molecule has 6 nitrogen and oxygen atoms in total. The number of sulfonamides is 1. The topological polar surface area (TPSA) is 69.7 Å². The van der Waals surface area contributed by atoms with E-state index in [1.165, 1.54) is 38.4 Å². The first kappa shape index (κ1) is 22.3. The van der Waals surface area contributed by atoms with Gasteiger partial charge in [0, 0.05) is 39.2 Å². The average Bonchev–Trinajstić information content (AvgIpc) is 2.63. The molecule has 9 heteroatoms. The van der Waals surface area contributed by atoms with Crippen molar-refractivity contribution in [3.8, 4) is 0 Å². The molecule has 0 heterocycles. The van der Waals surface area contributed by atoms with Gasteiger partial charge in [0.2, 0.25) is 15.9 Å². The lowest BCUT2D eigenvalue weighted by atomic mass is 10.2. The lowest BCUT2D eigenvalue weighted by Crippen LogP contribution is -2.25. The van der Waals surface area contributed by atoms with E-state index in [1.54, 1.807) is 25.2 Å². The first-order valence-corrected chi connectivity index (χ1v) is 10.4. The van der Waals surface area contributed by atoms with Gasteiger partial charge in [0.25, 0.3) is 0 Å². The van der Waals surface area contributed by atoms with Gasteiger partial charge in [-0.2, -0.15) is 0 Å². The van der Waals surface area contributed by atoms with Gasteiger partial charge in [-0.25, -0.2) is 17.1 Å². The molecule has 1 N–H and O–H groups in total. The monoisotopic (exact) mass is 427 g/mol. The van der Waals surface area contributed by atoms with Crippen molar-refractivity contribution >= 4 is 33.2 Å². The molecule has 0 radical (unpaired) electrons. The molecule has 0 saturated heterocycles. The first-order chi connectivity index (χ1) is 13.1. The highest BCUT2D eigenvalue weighted by Crippen LogP contribution is 2.26. The largest absolute Gasteiger partial charge is 0.325 e. The normalized spacial score (nSPS) is 11.8. The third-order valence-electron chi connectivity index (χ3n) is 4.11. The Morgan fingerprint density at radius 3 is 2.46 bits per heavy atom. The molecule has 0 spiro atoms. The van der Waals surface area contributed by atoms with Crippen molar-refractivity contribution in [2.45, 2.75) is 17.9 Å². The Labute approximate surface area is 170 Å². The summed E-state index contributed by atoms with van der Waals surface area (Å²) in [7, 11) is 1.00. The van der Waals surface area contributed by atoms with Gasteiger partial charge in [-0.05, 0) is 31.3 Å². The molecule has 1 amide bonds. The molecule has 0 aliphatic heterocycles. The van der Waals surface area contributed by atoms with Gasteiger partial charge in [0.05, 0.1) is 15.6 Å². The van der Waals surface area contributed by atoms with Gasteiger partial charge in [0.1, 0.15) is 5.82 Å². The van der Waals surface area contributed by atoms with Gasteiger partial charge in [-0.1, -0.05) is 29.8 Å². The number of hydrogen-bond acceptors (Lipinski definition) is 4. The Balaban J connectivity index is 1.98. The summed E-state index contributed by atoms with van der Waals surface area (Å²) in [6.45, 7) is 0.769. The number of nitrogens with zero attached hydrogens (tertiary/aromatic N) is 2. The first-order valence-electron chi connectivity index (χ1n) is 8.55. The van der Waals surface area contributed by atoms with Gasteiger partial charge >= 0.3 is 0 Å². The second kappa shape index (κ2) is 9.47. The van der Waals surface area contributed by atoms with E-state index < -0.39 is 10.0 Å². The molecule has 0 bridgehead atoms. The minimum Gasteiger partial charge on any atom is -0.325 e. The molecule has 0 unspecified atom stereocenters. The van der Waals surface area contributed by atoms with Crippen LogP contribution in [0.25, 0.3) is 0 Å². The molecule has 0 aliphatic carbocycles. The van der Waals surface area contributed by atoms with Crippen molar-refractivity contribution in [2.75, 3.05) is 33.0 Å². The highest BCUT2D eigenvalue weighted by atomic mass is 35.5. The van der Waals surface area contributed by atoms with Crippen LogP contribution >= 0.6 is 11.6 Å². The van der Waals surface area contributed by atoms with Gasteiger partial charge in [0.15, 0.2) is 0 Å². The van der Waals surface area contributed by atoms with Crippen molar-refractivity contribution in [3.05, 3.63) is 58.9 Å². The number of carbonyl (C=O) groups is 1. The Morgan fingerprint density at radius 1 is 1.14 bits per heavy atom. The van der Waals surface area contributed by atoms with Crippen LogP contribution in [0.3, 0.4) is 0 Å². The molecule has 152 valence electrons. The maximum absolute atomic E-state index is 13.7. The summed E-state index contributed by atoms with van der Waals surface area (Å²) in [6.07, 6.45) is 0.145. The predicted molar refractivity (Wildman–Crippen MR) is 108 cm³/mol. The van der Waals surface area contributed by atoms with Crippen LogP contribution in [0.5, 0.6) is 0 Å². The number of anilines is 1. The Kier molecular flexibility index (Phi) is 7.54. The maximum atomic E-state index is 13.7. The summed E-state index contributed by atoms with van der Waals surface area (Å²) < 4.78 is 39.2. The van der Waals surface area contributed by atoms with E-state index in [2.05, 4.69) is 5.32 Å². The average molecular weight is 428 g/mol. The fourth-order valence-corrected chi connectivity index (χ4v) is 3.57.